The molecule has 1 aromatic heterocycles. The second-order valence-corrected chi connectivity index (χ2v) is 7.56. The van der Waals surface area contributed by atoms with E-state index >= 15 is 0 Å². The van der Waals surface area contributed by atoms with Crippen LogP contribution in [0.2, 0.25) is 0 Å². The molecule has 25 heavy (non-hydrogen) atoms. The van der Waals surface area contributed by atoms with Crippen molar-refractivity contribution in [1.82, 2.24) is 9.29 Å². The molecule has 0 radical (unpaired) electrons. The first-order valence-corrected chi connectivity index (χ1v) is 9.26. The molecule has 0 aliphatic rings. The van der Waals surface area contributed by atoms with Gasteiger partial charge in [0.15, 0.2) is 0 Å². The Labute approximate surface area is 146 Å². The zero-order chi connectivity index (χ0) is 18.0. The summed E-state index contributed by atoms with van der Waals surface area (Å²) in [5, 5.41) is 11.3. The number of nitrogens with one attached hydrogen (secondary N) is 1. The van der Waals surface area contributed by atoms with Crippen LogP contribution in [-0.4, -0.2) is 31.7 Å². The Morgan fingerprint density at radius 1 is 1.16 bits per heavy atom. The Hall–Kier alpha value is -2.35. The van der Waals surface area contributed by atoms with Gasteiger partial charge >= 0.3 is 0 Å². The number of benzene rings is 2. The molecule has 0 aliphatic carbocycles. The van der Waals surface area contributed by atoms with Crippen molar-refractivity contribution in [3.63, 3.8) is 0 Å². The molecule has 0 spiro atoms. The average Bonchev–Trinajstić information content (AvgIpc) is 3.00. The number of aryl methyl sites for hydroxylation is 1. The minimum absolute atomic E-state index is 0.104. The van der Waals surface area contributed by atoms with Crippen molar-refractivity contribution in [3.05, 3.63) is 60.3 Å². The van der Waals surface area contributed by atoms with Crippen molar-refractivity contribution in [2.75, 3.05) is 13.7 Å². The van der Waals surface area contributed by atoms with Crippen LogP contribution in [0, 0.1) is 0 Å². The van der Waals surface area contributed by atoms with Gasteiger partial charge in [0.25, 0.3) is 0 Å². The fourth-order valence-electron chi connectivity index (χ4n) is 2.65. The van der Waals surface area contributed by atoms with Crippen LogP contribution in [0.3, 0.4) is 0 Å². The van der Waals surface area contributed by atoms with Crippen molar-refractivity contribution < 1.29 is 18.3 Å². The lowest BCUT2D eigenvalue weighted by molar-refractivity contribution is 0.182. The number of fused-ring (bicyclic) bond motifs is 1. The number of sulfonamides is 1. The van der Waals surface area contributed by atoms with Crippen LogP contribution < -0.4 is 9.46 Å². The van der Waals surface area contributed by atoms with E-state index in [-0.39, 0.29) is 11.4 Å². The van der Waals surface area contributed by atoms with Crippen LogP contribution in [0.5, 0.6) is 5.75 Å². The third-order valence-electron chi connectivity index (χ3n) is 4.13. The normalized spacial score (nSPS) is 13.1. The van der Waals surface area contributed by atoms with Crippen molar-refractivity contribution >= 4 is 20.9 Å². The predicted octanol–water partition coefficient (Wildman–Crippen LogP) is 2.20. The summed E-state index contributed by atoms with van der Waals surface area (Å²) in [4.78, 5) is 0.124. The fourth-order valence-corrected chi connectivity index (χ4v) is 3.69. The van der Waals surface area contributed by atoms with Gasteiger partial charge in [0.05, 0.1) is 18.1 Å². The van der Waals surface area contributed by atoms with E-state index in [1.807, 2.05) is 36.0 Å². The van der Waals surface area contributed by atoms with Crippen molar-refractivity contribution in [1.29, 1.82) is 0 Å². The Morgan fingerprint density at radius 3 is 2.56 bits per heavy atom. The molecule has 0 amide bonds. The van der Waals surface area contributed by atoms with Gasteiger partial charge in [-0.2, -0.15) is 0 Å². The maximum absolute atomic E-state index is 12.3. The number of methoxy groups -OCH3 is 1. The van der Waals surface area contributed by atoms with Crippen molar-refractivity contribution in [3.8, 4) is 5.75 Å². The molecule has 6 nitrogen and oxygen atoms in total. The highest BCUT2D eigenvalue weighted by Gasteiger charge is 2.17. The molecule has 0 aliphatic heterocycles. The third kappa shape index (κ3) is 3.68. The summed E-state index contributed by atoms with van der Waals surface area (Å²) in [6.07, 6.45) is 1.00. The number of hydrogen-bond acceptors (Lipinski definition) is 4. The van der Waals surface area contributed by atoms with Crippen molar-refractivity contribution in [2.24, 2.45) is 7.05 Å². The van der Waals surface area contributed by atoms with Gasteiger partial charge < -0.3 is 14.4 Å². The van der Waals surface area contributed by atoms with Gasteiger partial charge in [-0.3, -0.25) is 0 Å². The molecule has 132 valence electrons. The Balaban J connectivity index is 1.72. The molecule has 0 saturated carbocycles. The molecule has 1 heterocycles. The largest absolute Gasteiger partial charge is 0.497 e. The molecule has 0 fully saturated rings. The number of aliphatic hydroxyl groups is 1. The van der Waals surface area contributed by atoms with E-state index in [0.29, 0.717) is 11.3 Å². The van der Waals surface area contributed by atoms with E-state index in [2.05, 4.69) is 4.72 Å². The smallest absolute Gasteiger partial charge is 0.240 e. The van der Waals surface area contributed by atoms with Crippen LogP contribution in [-0.2, 0) is 17.1 Å². The molecule has 3 rings (SSSR count). The van der Waals surface area contributed by atoms with Crippen LogP contribution >= 0.6 is 0 Å². The lowest BCUT2D eigenvalue weighted by Crippen LogP contribution is -2.28. The first-order chi connectivity index (χ1) is 11.9. The summed E-state index contributed by atoms with van der Waals surface area (Å²) in [7, 11) is -0.235. The summed E-state index contributed by atoms with van der Waals surface area (Å²) in [5.74, 6) is 0.579. The Morgan fingerprint density at radius 2 is 1.88 bits per heavy atom. The summed E-state index contributed by atoms with van der Waals surface area (Å²) in [6.45, 7) is -0.104. The van der Waals surface area contributed by atoms with Gasteiger partial charge in [0.1, 0.15) is 5.75 Å². The number of ether oxygens (including phenoxy) is 1. The standard InChI is InChI=1S/C18H20N2O4S/c1-20-10-9-13-11-14(3-8-17(13)20)18(21)12-19-25(22,23)16-6-4-15(24-2)5-7-16/h3-11,18-19,21H,12H2,1-2H3. The maximum atomic E-state index is 12.3. The molecule has 0 saturated heterocycles. The molecule has 2 N–H and O–H groups in total. The molecule has 2 aromatic carbocycles. The highest BCUT2D eigenvalue weighted by Crippen LogP contribution is 2.21. The van der Waals surface area contributed by atoms with Crippen molar-refractivity contribution in [2.45, 2.75) is 11.0 Å². The summed E-state index contributed by atoms with van der Waals surface area (Å²) in [5.41, 5.74) is 1.71. The van der Waals surface area contributed by atoms with E-state index in [4.69, 9.17) is 4.74 Å². The maximum Gasteiger partial charge on any atom is 0.240 e. The SMILES string of the molecule is COc1ccc(S(=O)(=O)NCC(O)c2ccc3c(ccn3C)c2)cc1. The monoisotopic (exact) mass is 360 g/mol. The third-order valence-corrected chi connectivity index (χ3v) is 5.57. The molecule has 1 unspecified atom stereocenters. The summed E-state index contributed by atoms with van der Waals surface area (Å²) >= 11 is 0. The first-order valence-electron chi connectivity index (χ1n) is 7.77. The van der Waals surface area contributed by atoms with Gasteiger partial charge in [-0.1, -0.05) is 6.07 Å². The number of hydrogen-bond donors (Lipinski definition) is 2. The van der Waals surface area contributed by atoms with E-state index in [0.717, 1.165) is 10.9 Å². The molecule has 1 atom stereocenters. The van der Waals surface area contributed by atoms with Crippen LogP contribution in [0.25, 0.3) is 10.9 Å². The first kappa shape index (κ1) is 17.5. The molecular formula is C18H20N2O4S. The minimum Gasteiger partial charge on any atom is -0.497 e. The topological polar surface area (TPSA) is 80.6 Å². The number of nitrogens with zero attached hydrogens (tertiary/aromatic N) is 1. The fraction of sp³-hybridized carbons (Fsp3) is 0.222. The summed E-state index contributed by atoms with van der Waals surface area (Å²) < 4.78 is 34.1. The lowest BCUT2D eigenvalue weighted by atomic mass is 10.1. The van der Waals surface area contributed by atoms with Gasteiger partial charge in [0, 0.05) is 25.3 Å². The Kier molecular flexibility index (Phi) is 4.80. The molecule has 7 heteroatoms. The minimum atomic E-state index is -3.70. The van der Waals surface area contributed by atoms with Gasteiger partial charge in [-0.25, -0.2) is 13.1 Å². The number of rotatable bonds is 6. The quantitative estimate of drug-likeness (QED) is 0.706. The highest BCUT2D eigenvalue weighted by atomic mass is 32.2. The van der Waals surface area contributed by atoms with E-state index in [1.165, 1.54) is 19.2 Å². The van der Waals surface area contributed by atoms with Gasteiger partial charge in [-0.15, -0.1) is 0 Å². The summed E-state index contributed by atoms with van der Waals surface area (Å²) in [6, 6.07) is 13.6. The predicted molar refractivity (Wildman–Crippen MR) is 96.1 cm³/mol. The Bertz CT molecular complexity index is 978. The lowest BCUT2D eigenvalue weighted by Gasteiger charge is -2.13. The van der Waals surface area contributed by atoms with Gasteiger partial charge in [-0.05, 0) is 53.4 Å². The highest BCUT2D eigenvalue weighted by molar-refractivity contribution is 7.89. The van der Waals surface area contributed by atoms with Crippen LogP contribution in [0.4, 0.5) is 0 Å². The zero-order valence-corrected chi connectivity index (χ0v) is 14.8. The number of aliphatic hydroxyl groups excluding tert-OH is 1. The average molecular weight is 360 g/mol. The molecular weight excluding hydrogens is 340 g/mol. The van der Waals surface area contributed by atoms with Crippen LogP contribution in [0.15, 0.2) is 59.6 Å². The molecule has 0 bridgehead atoms. The second-order valence-electron chi connectivity index (χ2n) is 5.79. The zero-order valence-electron chi connectivity index (χ0n) is 14.0. The van der Waals surface area contributed by atoms with E-state index in [1.54, 1.807) is 18.2 Å². The van der Waals surface area contributed by atoms with Gasteiger partial charge in [0.2, 0.25) is 10.0 Å². The second kappa shape index (κ2) is 6.87. The van der Waals surface area contributed by atoms with E-state index in [9.17, 15) is 13.5 Å². The van der Waals surface area contributed by atoms with Crippen LogP contribution in [0.1, 0.15) is 11.7 Å². The number of aromatic nitrogens is 1. The van der Waals surface area contributed by atoms with E-state index < -0.39 is 16.1 Å². The molecule has 3 aromatic rings.